The Morgan fingerprint density at radius 2 is 1.63 bits per heavy atom. The highest BCUT2D eigenvalue weighted by Crippen LogP contribution is 2.34. The SMILES string of the molecule is C=CCn1c(-c2ccc(C(F)(F)F)cc2)cnc1-c1c(C)cc(C)cc1C. The lowest BCUT2D eigenvalue weighted by Crippen LogP contribution is -2.05. The molecule has 5 heteroatoms. The van der Waals surface area contributed by atoms with Crippen LogP contribution in [0.25, 0.3) is 22.6 Å². The third kappa shape index (κ3) is 3.68. The van der Waals surface area contributed by atoms with Crippen LogP contribution in [0.15, 0.2) is 55.3 Å². The first kappa shape index (κ1) is 19.0. The average Bonchev–Trinajstić information content (AvgIpc) is 2.97. The fourth-order valence-corrected chi connectivity index (χ4v) is 3.48. The number of aryl methyl sites for hydroxylation is 3. The molecule has 0 atom stereocenters. The number of hydrogen-bond acceptors (Lipinski definition) is 1. The molecule has 0 fully saturated rings. The molecule has 1 aromatic heterocycles. The number of imidazole rings is 1. The van der Waals surface area contributed by atoms with E-state index in [-0.39, 0.29) is 0 Å². The number of halogens is 3. The van der Waals surface area contributed by atoms with Crippen LogP contribution in [-0.4, -0.2) is 9.55 Å². The highest BCUT2D eigenvalue weighted by atomic mass is 19.4. The first-order valence-electron chi connectivity index (χ1n) is 8.64. The molecule has 0 radical (unpaired) electrons. The molecule has 0 aliphatic rings. The summed E-state index contributed by atoms with van der Waals surface area (Å²) in [5.74, 6) is 0.791. The summed E-state index contributed by atoms with van der Waals surface area (Å²) in [5.41, 5.74) is 5.24. The van der Waals surface area contributed by atoms with Crippen molar-refractivity contribution in [3.8, 4) is 22.6 Å². The van der Waals surface area contributed by atoms with Crippen LogP contribution in [-0.2, 0) is 12.7 Å². The zero-order valence-electron chi connectivity index (χ0n) is 15.6. The lowest BCUT2D eigenvalue weighted by Gasteiger charge is -2.15. The molecule has 1 heterocycles. The highest BCUT2D eigenvalue weighted by Gasteiger charge is 2.30. The van der Waals surface area contributed by atoms with Gasteiger partial charge in [-0.3, -0.25) is 0 Å². The average molecular weight is 370 g/mol. The van der Waals surface area contributed by atoms with Crippen molar-refractivity contribution in [1.82, 2.24) is 9.55 Å². The van der Waals surface area contributed by atoms with Gasteiger partial charge in [-0.25, -0.2) is 4.98 Å². The van der Waals surface area contributed by atoms with Gasteiger partial charge in [0.05, 0.1) is 17.5 Å². The van der Waals surface area contributed by atoms with Crippen LogP contribution in [0.1, 0.15) is 22.3 Å². The summed E-state index contributed by atoms with van der Waals surface area (Å²) in [6, 6.07) is 9.38. The van der Waals surface area contributed by atoms with Crippen molar-refractivity contribution in [1.29, 1.82) is 0 Å². The second kappa shape index (κ2) is 7.06. The van der Waals surface area contributed by atoms with Crippen molar-refractivity contribution in [2.24, 2.45) is 0 Å². The third-order valence-electron chi connectivity index (χ3n) is 4.58. The molecular formula is C22H21F3N2. The van der Waals surface area contributed by atoms with Crippen LogP contribution in [0.2, 0.25) is 0 Å². The van der Waals surface area contributed by atoms with Gasteiger partial charge >= 0.3 is 6.18 Å². The van der Waals surface area contributed by atoms with Crippen LogP contribution in [0.4, 0.5) is 13.2 Å². The quantitative estimate of drug-likeness (QED) is 0.490. The number of benzene rings is 2. The molecule has 0 N–H and O–H groups in total. The summed E-state index contributed by atoms with van der Waals surface area (Å²) in [5, 5.41) is 0. The number of alkyl halides is 3. The van der Waals surface area contributed by atoms with Crippen molar-refractivity contribution >= 4 is 0 Å². The minimum atomic E-state index is -4.35. The van der Waals surface area contributed by atoms with Crippen LogP contribution in [0.5, 0.6) is 0 Å². The lowest BCUT2D eigenvalue weighted by atomic mass is 9.99. The highest BCUT2D eigenvalue weighted by molar-refractivity contribution is 5.71. The third-order valence-corrected chi connectivity index (χ3v) is 4.58. The molecule has 3 rings (SSSR count). The number of nitrogens with zero attached hydrogens (tertiary/aromatic N) is 2. The monoisotopic (exact) mass is 370 g/mol. The molecule has 0 aliphatic heterocycles. The first-order valence-corrected chi connectivity index (χ1v) is 8.64. The minimum Gasteiger partial charge on any atom is -0.320 e. The van der Waals surface area contributed by atoms with E-state index in [9.17, 15) is 13.2 Å². The summed E-state index contributed by atoms with van der Waals surface area (Å²) < 4.78 is 40.5. The first-order chi connectivity index (χ1) is 12.7. The maximum atomic E-state index is 12.8. The lowest BCUT2D eigenvalue weighted by molar-refractivity contribution is -0.137. The van der Waals surface area contributed by atoms with Gasteiger partial charge in [0.15, 0.2) is 0 Å². The summed E-state index contributed by atoms with van der Waals surface area (Å²) in [6.07, 6.45) is -0.876. The molecule has 2 aromatic carbocycles. The molecule has 140 valence electrons. The number of hydrogen-bond donors (Lipinski definition) is 0. The topological polar surface area (TPSA) is 17.8 Å². The van der Waals surface area contributed by atoms with Gasteiger partial charge in [0.2, 0.25) is 0 Å². The second-order valence-corrected chi connectivity index (χ2v) is 6.72. The largest absolute Gasteiger partial charge is 0.416 e. The molecule has 27 heavy (non-hydrogen) atoms. The minimum absolute atomic E-state index is 0.512. The van der Waals surface area contributed by atoms with E-state index in [0.717, 1.165) is 40.3 Å². The maximum Gasteiger partial charge on any atom is 0.416 e. The predicted octanol–water partition coefficient (Wildman–Crippen LogP) is 6.35. The van der Waals surface area contributed by atoms with Crippen LogP contribution in [0.3, 0.4) is 0 Å². The Labute approximate surface area is 157 Å². The molecule has 0 spiro atoms. The van der Waals surface area contributed by atoms with E-state index in [0.29, 0.717) is 12.1 Å². The van der Waals surface area contributed by atoms with Gasteiger partial charge in [0.25, 0.3) is 0 Å². The predicted molar refractivity (Wildman–Crippen MR) is 103 cm³/mol. The van der Waals surface area contributed by atoms with Crippen LogP contribution >= 0.6 is 0 Å². The van der Waals surface area contributed by atoms with Crippen LogP contribution < -0.4 is 0 Å². The molecule has 3 aromatic rings. The van der Waals surface area contributed by atoms with Crippen LogP contribution in [0, 0.1) is 20.8 Å². The fraction of sp³-hybridized carbons (Fsp3) is 0.227. The Morgan fingerprint density at radius 3 is 2.15 bits per heavy atom. The van der Waals surface area contributed by atoms with Crippen molar-refractivity contribution in [2.45, 2.75) is 33.5 Å². The molecule has 0 unspecified atom stereocenters. The van der Waals surface area contributed by atoms with E-state index < -0.39 is 11.7 Å². The van der Waals surface area contributed by atoms with Gasteiger partial charge in [0.1, 0.15) is 5.82 Å². The molecule has 0 bridgehead atoms. The molecule has 0 aliphatic carbocycles. The molecule has 0 amide bonds. The molecule has 0 saturated heterocycles. The summed E-state index contributed by atoms with van der Waals surface area (Å²) in [7, 11) is 0. The standard InChI is InChI=1S/C22H21F3N2/c1-5-10-27-19(17-6-8-18(9-7-17)22(23,24)25)13-26-21(27)20-15(3)11-14(2)12-16(20)4/h5-9,11-13H,1,10H2,2-4H3. The van der Waals surface area contributed by atoms with Crippen molar-refractivity contribution in [3.05, 3.63) is 77.5 Å². The second-order valence-electron chi connectivity index (χ2n) is 6.72. The zero-order valence-corrected chi connectivity index (χ0v) is 15.6. The Bertz CT molecular complexity index is 957. The number of allylic oxidation sites excluding steroid dienone is 1. The van der Waals surface area contributed by atoms with Gasteiger partial charge in [-0.05, 0) is 49.6 Å². The van der Waals surface area contributed by atoms with Gasteiger partial charge in [-0.1, -0.05) is 35.9 Å². The van der Waals surface area contributed by atoms with Gasteiger partial charge in [-0.2, -0.15) is 13.2 Å². The van der Waals surface area contributed by atoms with Crippen molar-refractivity contribution < 1.29 is 13.2 Å². The molecule has 2 nitrogen and oxygen atoms in total. The van der Waals surface area contributed by atoms with E-state index >= 15 is 0 Å². The van der Waals surface area contributed by atoms with E-state index in [4.69, 9.17) is 0 Å². The number of rotatable bonds is 4. The Balaban J connectivity index is 2.13. The molecular weight excluding hydrogens is 349 g/mol. The Morgan fingerprint density at radius 1 is 1.04 bits per heavy atom. The van der Waals surface area contributed by atoms with E-state index in [1.807, 2.05) is 25.3 Å². The van der Waals surface area contributed by atoms with Gasteiger partial charge in [0, 0.05) is 12.1 Å². The van der Waals surface area contributed by atoms with Gasteiger partial charge < -0.3 is 4.57 Å². The summed E-state index contributed by atoms with van der Waals surface area (Å²) >= 11 is 0. The number of aromatic nitrogens is 2. The summed E-state index contributed by atoms with van der Waals surface area (Å²) in [4.78, 5) is 4.60. The Kier molecular flexibility index (Phi) is 4.96. The summed E-state index contributed by atoms with van der Waals surface area (Å²) in [6.45, 7) is 10.5. The Hall–Kier alpha value is -2.82. The van der Waals surface area contributed by atoms with Crippen molar-refractivity contribution in [2.75, 3.05) is 0 Å². The van der Waals surface area contributed by atoms with Crippen molar-refractivity contribution in [3.63, 3.8) is 0 Å². The zero-order chi connectivity index (χ0) is 19.8. The molecule has 0 saturated carbocycles. The van der Waals surface area contributed by atoms with Gasteiger partial charge in [-0.15, -0.1) is 6.58 Å². The smallest absolute Gasteiger partial charge is 0.320 e. The van der Waals surface area contributed by atoms with E-state index in [2.05, 4.69) is 23.7 Å². The normalized spacial score (nSPS) is 11.6. The maximum absolute atomic E-state index is 12.8. The van der Waals surface area contributed by atoms with E-state index in [1.165, 1.54) is 17.7 Å². The van der Waals surface area contributed by atoms with E-state index in [1.54, 1.807) is 12.3 Å². The fourth-order valence-electron chi connectivity index (χ4n) is 3.48.